The van der Waals surface area contributed by atoms with Crippen molar-refractivity contribution in [2.45, 2.75) is 12.1 Å². The molecule has 0 saturated heterocycles. The summed E-state index contributed by atoms with van der Waals surface area (Å²) in [6.07, 6.45) is 0.258. The fourth-order valence-corrected chi connectivity index (χ4v) is 2.15. The summed E-state index contributed by atoms with van der Waals surface area (Å²) in [5.74, 6) is 0. The minimum atomic E-state index is -3.59. The molecular weight excluding hydrogens is 242 g/mol. The van der Waals surface area contributed by atoms with Gasteiger partial charge in [0.15, 0.2) is 0 Å². The smallest absolute Gasteiger partial charge is 0.265 e. The highest BCUT2D eigenvalue weighted by Crippen LogP contribution is 2.22. The largest absolute Gasteiger partial charge is 0.395 e. The Balaban J connectivity index is 3.02. The maximum atomic E-state index is 11.2. The van der Waals surface area contributed by atoms with Crippen LogP contribution in [0.4, 0.5) is 0 Å². The number of benzene rings is 1. The first-order chi connectivity index (χ1) is 7.98. The highest BCUT2D eigenvalue weighted by Gasteiger charge is 2.25. The van der Waals surface area contributed by atoms with Crippen LogP contribution in [0.1, 0.15) is 11.7 Å². The van der Waals surface area contributed by atoms with E-state index in [-0.39, 0.29) is 6.61 Å². The summed E-state index contributed by atoms with van der Waals surface area (Å²) < 4.78 is 27.5. The first-order valence-electron chi connectivity index (χ1n) is 5.19. The molecule has 0 radical (unpaired) electrons. The molecule has 17 heavy (non-hydrogen) atoms. The normalized spacial score (nSPS) is 15.5. The van der Waals surface area contributed by atoms with E-state index in [2.05, 4.69) is 5.32 Å². The second-order valence-electron chi connectivity index (χ2n) is 3.71. The Labute approximate surface area is 102 Å². The van der Waals surface area contributed by atoms with Crippen LogP contribution in [0.25, 0.3) is 0 Å². The van der Waals surface area contributed by atoms with Crippen molar-refractivity contribution >= 4 is 10.1 Å². The molecule has 0 amide bonds. The van der Waals surface area contributed by atoms with Crippen LogP contribution in [0.3, 0.4) is 0 Å². The van der Waals surface area contributed by atoms with E-state index in [1.807, 2.05) is 6.07 Å². The number of rotatable bonds is 6. The van der Waals surface area contributed by atoms with Gasteiger partial charge in [0.1, 0.15) is 6.10 Å². The Kier molecular flexibility index (Phi) is 5.07. The zero-order valence-electron chi connectivity index (χ0n) is 9.83. The Morgan fingerprint density at radius 3 is 2.35 bits per heavy atom. The van der Waals surface area contributed by atoms with E-state index in [0.29, 0.717) is 5.56 Å². The van der Waals surface area contributed by atoms with Crippen LogP contribution >= 0.6 is 0 Å². The van der Waals surface area contributed by atoms with Crippen LogP contribution in [0.2, 0.25) is 0 Å². The fraction of sp³-hybridized carbons (Fsp3) is 0.455. The lowest BCUT2D eigenvalue weighted by Gasteiger charge is -2.24. The molecule has 96 valence electrons. The third kappa shape index (κ3) is 4.43. The first-order valence-corrected chi connectivity index (χ1v) is 7.01. The summed E-state index contributed by atoms with van der Waals surface area (Å²) in [5, 5.41) is 12.1. The molecular formula is C11H17NO4S. The summed E-state index contributed by atoms with van der Waals surface area (Å²) in [6.45, 7) is -0.217. The second kappa shape index (κ2) is 6.11. The molecule has 0 heterocycles. The lowest BCUT2D eigenvalue weighted by molar-refractivity contribution is 0.120. The summed E-state index contributed by atoms with van der Waals surface area (Å²) in [5.41, 5.74) is 0.700. The van der Waals surface area contributed by atoms with Gasteiger partial charge in [-0.2, -0.15) is 8.42 Å². The number of aliphatic hydroxyl groups excluding tert-OH is 1. The summed E-state index contributed by atoms with van der Waals surface area (Å²) in [6, 6.07) is 8.45. The van der Waals surface area contributed by atoms with Crippen LogP contribution in [0.15, 0.2) is 30.3 Å². The van der Waals surface area contributed by atoms with Crippen molar-refractivity contribution in [3.8, 4) is 0 Å². The van der Waals surface area contributed by atoms with Crippen LogP contribution in [-0.4, -0.2) is 39.5 Å². The standard InChI is InChI=1S/C11H17NO4S/c1-12-10(8-13)11(16-17(2,14)15)9-6-4-3-5-7-9/h3-7,10-13H,8H2,1-2H3. The average Bonchev–Trinajstić information content (AvgIpc) is 2.29. The van der Waals surface area contributed by atoms with Crippen LogP contribution < -0.4 is 5.32 Å². The fourth-order valence-electron chi connectivity index (χ4n) is 1.52. The molecule has 2 unspecified atom stereocenters. The zero-order valence-corrected chi connectivity index (χ0v) is 10.6. The molecule has 0 aliphatic carbocycles. The van der Waals surface area contributed by atoms with Gasteiger partial charge in [-0.1, -0.05) is 30.3 Å². The monoisotopic (exact) mass is 259 g/mol. The number of hydrogen-bond donors (Lipinski definition) is 2. The van der Waals surface area contributed by atoms with Crippen molar-refractivity contribution in [3.63, 3.8) is 0 Å². The Morgan fingerprint density at radius 2 is 1.94 bits per heavy atom. The third-order valence-electron chi connectivity index (χ3n) is 2.34. The molecule has 2 N–H and O–H groups in total. The van der Waals surface area contributed by atoms with E-state index in [9.17, 15) is 13.5 Å². The van der Waals surface area contributed by atoms with Gasteiger partial charge in [-0.15, -0.1) is 0 Å². The minimum absolute atomic E-state index is 0.217. The Morgan fingerprint density at radius 1 is 1.35 bits per heavy atom. The maximum Gasteiger partial charge on any atom is 0.265 e. The topological polar surface area (TPSA) is 75.6 Å². The first kappa shape index (κ1) is 14.1. The van der Waals surface area contributed by atoms with E-state index >= 15 is 0 Å². The van der Waals surface area contributed by atoms with E-state index in [0.717, 1.165) is 6.26 Å². The Hall–Kier alpha value is -0.950. The van der Waals surface area contributed by atoms with Crippen molar-refractivity contribution in [2.24, 2.45) is 0 Å². The van der Waals surface area contributed by atoms with E-state index < -0.39 is 22.3 Å². The molecule has 1 aromatic carbocycles. The van der Waals surface area contributed by atoms with Gasteiger partial charge < -0.3 is 10.4 Å². The molecule has 2 atom stereocenters. The summed E-state index contributed by atoms with van der Waals surface area (Å²) in [4.78, 5) is 0. The molecule has 6 heteroatoms. The van der Waals surface area contributed by atoms with Crippen molar-refractivity contribution in [1.82, 2.24) is 5.32 Å². The highest BCUT2D eigenvalue weighted by molar-refractivity contribution is 7.86. The number of hydrogen-bond acceptors (Lipinski definition) is 5. The van der Waals surface area contributed by atoms with E-state index in [1.54, 1.807) is 31.3 Å². The van der Waals surface area contributed by atoms with Gasteiger partial charge >= 0.3 is 0 Å². The zero-order chi connectivity index (χ0) is 12.9. The predicted molar refractivity (Wildman–Crippen MR) is 65.0 cm³/mol. The van der Waals surface area contributed by atoms with Gasteiger partial charge in [0.2, 0.25) is 0 Å². The Bertz CT molecular complexity index is 428. The quantitative estimate of drug-likeness (QED) is 0.718. The van der Waals surface area contributed by atoms with E-state index in [4.69, 9.17) is 4.18 Å². The predicted octanol–water partition coefficient (Wildman–Crippen LogP) is 0.284. The van der Waals surface area contributed by atoms with Gasteiger partial charge in [-0.25, -0.2) is 0 Å². The van der Waals surface area contributed by atoms with Crippen molar-refractivity contribution in [1.29, 1.82) is 0 Å². The van der Waals surface area contributed by atoms with Crippen LogP contribution in [0.5, 0.6) is 0 Å². The molecule has 0 spiro atoms. The molecule has 1 rings (SSSR count). The average molecular weight is 259 g/mol. The van der Waals surface area contributed by atoms with Crippen LogP contribution in [0, 0.1) is 0 Å². The van der Waals surface area contributed by atoms with Gasteiger partial charge in [0.05, 0.1) is 18.9 Å². The highest BCUT2D eigenvalue weighted by atomic mass is 32.2. The van der Waals surface area contributed by atoms with Gasteiger partial charge in [-0.05, 0) is 12.6 Å². The van der Waals surface area contributed by atoms with Gasteiger partial charge in [-0.3, -0.25) is 4.18 Å². The molecule has 0 bridgehead atoms. The second-order valence-corrected chi connectivity index (χ2v) is 5.31. The molecule has 0 aliphatic heterocycles. The molecule has 0 saturated carbocycles. The maximum absolute atomic E-state index is 11.2. The number of aliphatic hydroxyl groups is 1. The SMILES string of the molecule is CNC(CO)C(OS(C)(=O)=O)c1ccccc1. The van der Waals surface area contributed by atoms with Gasteiger partial charge in [0.25, 0.3) is 10.1 Å². The minimum Gasteiger partial charge on any atom is -0.395 e. The van der Waals surface area contributed by atoms with Crippen molar-refractivity contribution in [3.05, 3.63) is 35.9 Å². The molecule has 1 aromatic rings. The van der Waals surface area contributed by atoms with Crippen LogP contribution in [-0.2, 0) is 14.3 Å². The van der Waals surface area contributed by atoms with Crippen molar-refractivity contribution in [2.75, 3.05) is 19.9 Å². The van der Waals surface area contributed by atoms with Gasteiger partial charge in [0, 0.05) is 0 Å². The number of nitrogens with one attached hydrogen (secondary N) is 1. The summed E-state index contributed by atoms with van der Waals surface area (Å²) in [7, 11) is -1.95. The third-order valence-corrected chi connectivity index (χ3v) is 2.90. The van der Waals surface area contributed by atoms with Crippen molar-refractivity contribution < 1.29 is 17.7 Å². The number of likely N-dealkylation sites (N-methyl/N-ethyl adjacent to an activating group) is 1. The molecule has 0 aromatic heterocycles. The van der Waals surface area contributed by atoms with E-state index in [1.165, 1.54) is 0 Å². The molecule has 5 nitrogen and oxygen atoms in total. The molecule has 0 aliphatic rings. The lowest BCUT2D eigenvalue weighted by atomic mass is 10.0. The molecule has 0 fully saturated rings. The summed E-state index contributed by atoms with van der Waals surface area (Å²) >= 11 is 0. The lowest BCUT2D eigenvalue weighted by Crippen LogP contribution is -2.37.